The Morgan fingerprint density at radius 1 is 0.956 bits per heavy atom. The summed E-state index contributed by atoms with van der Waals surface area (Å²) in [6.07, 6.45) is 3.51. The maximum absolute atomic E-state index is 14.2. The largest absolute Gasteiger partial charge is 0.368 e. The quantitative estimate of drug-likeness (QED) is 0.294. The Balaban J connectivity index is 1.42. The van der Waals surface area contributed by atoms with Gasteiger partial charge in [0, 0.05) is 69.2 Å². The number of piperazine rings is 1. The summed E-state index contributed by atoms with van der Waals surface area (Å²) < 4.78 is 15.9. The number of hydrogen-bond donors (Lipinski definition) is 2. The van der Waals surface area contributed by atoms with Crippen molar-refractivity contribution in [3.63, 3.8) is 0 Å². The minimum absolute atomic E-state index is 0.0824. The first-order valence-electron chi connectivity index (χ1n) is 15.1. The highest BCUT2D eigenvalue weighted by Crippen LogP contribution is 2.43. The first-order valence-corrected chi connectivity index (χ1v) is 15.1. The van der Waals surface area contributed by atoms with Crippen LogP contribution < -0.4 is 15.5 Å². The van der Waals surface area contributed by atoms with Crippen LogP contribution in [0.15, 0.2) is 54.9 Å². The average molecular weight is 608 g/mol. The van der Waals surface area contributed by atoms with Gasteiger partial charge in [0.05, 0.1) is 17.5 Å². The van der Waals surface area contributed by atoms with Gasteiger partial charge in [0.15, 0.2) is 11.3 Å². The van der Waals surface area contributed by atoms with E-state index in [0.717, 1.165) is 46.6 Å². The van der Waals surface area contributed by atoms with E-state index in [1.807, 2.05) is 24.8 Å². The number of anilines is 2. The Labute approximate surface area is 259 Å². The van der Waals surface area contributed by atoms with Crippen LogP contribution in [0.4, 0.5) is 15.9 Å². The molecule has 0 radical (unpaired) electrons. The molecule has 0 saturated carbocycles. The Hall–Kier alpha value is -5.26. The Bertz CT molecular complexity index is 1920. The summed E-state index contributed by atoms with van der Waals surface area (Å²) >= 11 is 0. The van der Waals surface area contributed by atoms with Crippen LogP contribution in [0, 0.1) is 5.82 Å². The summed E-state index contributed by atoms with van der Waals surface area (Å²) in [6, 6.07) is 13.2. The number of nitrogens with zero attached hydrogens (tertiary/aromatic N) is 7. The molecule has 0 aliphatic carbocycles. The lowest BCUT2D eigenvalue weighted by Crippen LogP contribution is -2.48. The molecule has 1 fully saturated rings. The van der Waals surface area contributed by atoms with E-state index in [2.05, 4.69) is 44.3 Å². The van der Waals surface area contributed by atoms with Crippen LogP contribution >= 0.6 is 0 Å². The van der Waals surface area contributed by atoms with Crippen LogP contribution in [0.1, 0.15) is 53.9 Å². The minimum atomic E-state index is -0.622. The number of amides is 2. The summed E-state index contributed by atoms with van der Waals surface area (Å²) in [7, 11) is 0. The summed E-state index contributed by atoms with van der Waals surface area (Å²) in [4.78, 5) is 36.0. The van der Waals surface area contributed by atoms with E-state index in [4.69, 9.17) is 15.8 Å². The predicted molar refractivity (Wildman–Crippen MR) is 169 cm³/mol. The third-order valence-corrected chi connectivity index (χ3v) is 8.80. The maximum atomic E-state index is 14.2. The van der Waals surface area contributed by atoms with E-state index in [-0.39, 0.29) is 23.3 Å². The molecule has 1 saturated heterocycles. The monoisotopic (exact) mass is 607 g/mol. The van der Waals surface area contributed by atoms with Crippen LogP contribution in [0.5, 0.6) is 0 Å². The molecule has 11 nitrogen and oxygen atoms in total. The molecule has 5 heterocycles. The lowest BCUT2D eigenvalue weighted by Gasteiger charge is -2.35. The number of halogens is 1. The van der Waals surface area contributed by atoms with Gasteiger partial charge in [-0.05, 0) is 46.9 Å². The first kappa shape index (κ1) is 28.5. The lowest BCUT2D eigenvalue weighted by molar-refractivity contribution is -0.129. The molecule has 230 valence electrons. The number of hydrogen-bond acceptors (Lipinski definition) is 7. The zero-order chi connectivity index (χ0) is 31.4. The van der Waals surface area contributed by atoms with E-state index in [1.165, 1.54) is 6.07 Å². The molecular formula is C33H34FN9O2. The second-order valence-corrected chi connectivity index (χ2v) is 12.0. The van der Waals surface area contributed by atoms with Crippen molar-refractivity contribution in [2.24, 2.45) is 5.73 Å². The molecule has 45 heavy (non-hydrogen) atoms. The number of nitrogens with two attached hydrogens (primary N) is 1. The van der Waals surface area contributed by atoms with Crippen molar-refractivity contribution in [2.75, 3.05) is 36.0 Å². The molecule has 3 aromatic heterocycles. The second kappa shape index (κ2) is 11.0. The normalized spacial score (nSPS) is 14.9. The number of fused-ring (bicyclic) bond motifs is 2. The fourth-order valence-electron chi connectivity index (χ4n) is 6.54. The van der Waals surface area contributed by atoms with Crippen molar-refractivity contribution >= 4 is 29.0 Å². The van der Waals surface area contributed by atoms with E-state index in [0.29, 0.717) is 48.9 Å². The summed E-state index contributed by atoms with van der Waals surface area (Å²) in [5.74, 6) is -0.194. The van der Waals surface area contributed by atoms with Crippen LogP contribution in [-0.2, 0) is 17.9 Å². The van der Waals surface area contributed by atoms with Gasteiger partial charge in [-0.2, -0.15) is 10.2 Å². The summed E-state index contributed by atoms with van der Waals surface area (Å²) in [6.45, 7) is 9.46. The highest BCUT2D eigenvalue weighted by molar-refractivity contribution is 5.97. The molecule has 2 aliphatic rings. The molecular weight excluding hydrogens is 573 g/mol. The number of carbonyl (C=O) groups excluding carboxylic acids is 2. The third kappa shape index (κ3) is 4.95. The smallest absolute Gasteiger partial charge is 0.269 e. The lowest BCUT2D eigenvalue weighted by atomic mass is 9.99. The van der Waals surface area contributed by atoms with Gasteiger partial charge in [-0.15, -0.1) is 0 Å². The van der Waals surface area contributed by atoms with Gasteiger partial charge in [-0.25, -0.2) is 13.9 Å². The summed E-state index contributed by atoms with van der Waals surface area (Å²) in [5, 5.41) is 11.9. The van der Waals surface area contributed by atoms with E-state index in [9.17, 15) is 14.0 Å². The van der Waals surface area contributed by atoms with Gasteiger partial charge in [0.2, 0.25) is 5.91 Å². The van der Waals surface area contributed by atoms with Gasteiger partial charge >= 0.3 is 0 Å². The standard InChI is InChI=1S/C33H34FN9O2/c1-19(2)27-29(31(35)45)39-43-30(24-15-36-37-16-24)28(21-5-8-26(9-6-21)41-12-10-40(11-13-41)20(3)44)32(38-33(27)43)42-17-22-4-7-25(34)14-23(22)18-42/h4-9,14-16,19H,10-13,17-18H2,1-3H3,(H2,35,45)(H,36,37). The van der Waals surface area contributed by atoms with Crippen molar-refractivity contribution in [1.82, 2.24) is 29.7 Å². The molecule has 12 heteroatoms. The molecule has 2 aromatic carbocycles. The molecule has 3 N–H and O–H groups in total. The fourth-order valence-corrected chi connectivity index (χ4v) is 6.54. The van der Waals surface area contributed by atoms with Gasteiger partial charge in [-0.3, -0.25) is 14.7 Å². The van der Waals surface area contributed by atoms with Crippen LogP contribution in [0.3, 0.4) is 0 Å². The minimum Gasteiger partial charge on any atom is -0.368 e. The van der Waals surface area contributed by atoms with Crippen LogP contribution in [0.2, 0.25) is 0 Å². The maximum Gasteiger partial charge on any atom is 0.269 e. The van der Waals surface area contributed by atoms with Gasteiger partial charge in [0.1, 0.15) is 11.6 Å². The molecule has 7 rings (SSSR count). The SMILES string of the molecule is CC(=O)N1CCN(c2ccc(-c3c(N4Cc5ccc(F)cc5C4)nc4c(C(C)C)c(C(N)=O)nn4c3-c3cn[nH]c3)cc2)CC1. The number of benzene rings is 2. The number of H-pyrrole nitrogens is 1. The highest BCUT2D eigenvalue weighted by atomic mass is 19.1. The topological polar surface area (TPSA) is 129 Å². The van der Waals surface area contributed by atoms with Crippen LogP contribution in [-0.4, -0.2) is 67.7 Å². The zero-order valence-electron chi connectivity index (χ0n) is 25.4. The molecule has 0 spiro atoms. The number of nitrogens with one attached hydrogen (secondary N) is 1. The molecule has 0 atom stereocenters. The number of aromatic nitrogens is 5. The zero-order valence-corrected chi connectivity index (χ0v) is 25.4. The number of primary amides is 1. The van der Waals surface area contributed by atoms with E-state index >= 15 is 0 Å². The molecule has 2 amide bonds. The number of aromatic amines is 1. The van der Waals surface area contributed by atoms with Crippen molar-refractivity contribution in [2.45, 2.75) is 39.8 Å². The Morgan fingerprint density at radius 3 is 2.33 bits per heavy atom. The van der Waals surface area contributed by atoms with Gasteiger partial charge in [-0.1, -0.05) is 32.0 Å². The highest BCUT2D eigenvalue weighted by Gasteiger charge is 2.31. The third-order valence-electron chi connectivity index (χ3n) is 8.80. The van der Waals surface area contributed by atoms with Crippen molar-refractivity contribution in [3.05, 3.63) is 83.1 Å². The molecule has 0 bridgehead atoms. The van der Waals surface area contributed by atoms with Crippen molar-refractivity contribution < 1.29 is 14.0 Å². The fraction of sp³-hybridized carbons (Fsp3) is 0.303. The van der Waals surface area contributed by atoms with Crippen LogP contribution in [0.25, 0.3) is 28.0 Å². The van der Waals surface area contributed by atoms with Gasteiger partial charge < -0.3 is 20.4 Å². The van der Waals surface area contributed by atoms with Crippen molar-refractivity contribution in [1.29, 1.82) is 0 Å². The Morgan fingerprint density at radius 2 is 1.69 bits per heavy atom. The molecule has 0 unspecified atom stereocenters. The number of rotatable bonds is 6. The number of carbonyl (C=O) groups is 2. The van der Waals surface area contributed by atoms with E-state index < -0.39 is 5.91 Å². The second-order valence-electron chi connectivity index (χ2n) is 12.0. The molecule has 2 aliphatic heterocycles. The molecule has 5 aromatic rings. The Kier molecular flexibility index (Phi) is 6.99. The summed E-state index contributed by atoms with van der Waals surface area (Å²) in [5.41, 5.74) is 13.4. The van der Waals surface area contributed by atoms with E-state index in [1.54, 1.807) is 29.9 Å². The first-order chi connectivity index (χ1) is 21.7. The average Bonchev–Trinajstić information content (AvgIpc) is 3.79. The predicted octanol–water partition coefficient (Wildman–Crippen LogP) is 4.34. The van der Waals surface area contributed by atoms with Crippen molar-refractivity contribution in [3.8, 4) is 22.4 Å². The van der Waals surface area contributed by atoms with Gasteiger partial charge in [0.25, 0.3) is 5.91 Å².